The molecule has 0 fully saturated rings. The molecule has 3 aromatic rings. The molecule has 1 aliphatic rings. The Balaban J connectivity index is 1.65. The van der Waals surface area contributed by atoms with Crippen LogP contribution < -0.4 is 10.2 Å². The van der Waals surface area contributed by atoms with E-state index in [-0.39, 0.29) is 5.91 Å². The molecule has 1 N–H and O–H groups in total. The summed E-state index contributed by atoms with van der Waals surface area (Å²) in [7, 11) is 0. The van der Waals surface area contributed by atoms with Crippen molar-refractivity contribution in [3.05, 3.63) is 76.7 Å². The van der Waals surface area contributed by atoms with Crippen LogP contribution in [0.5, 0.6) is 0 Å². The standard InChI is InChI=1S/C22H22N4O/c1-14-8-9-15(2)18(12-14)25-22(27)19-13-21(24-16(3)23-19)26-11-10-17-6-4-5-7-20(17)26/h4-9,12-13H,10-11H2,1-3H3,(H,25,27). The summed E-state index contributed by atoms with van der Waals surface area (Å²) < 4.78 is 0. The number of benzene rings is 2. The maximum absolute atomic E-state index is 12.8. The average Bonchev–Trinajstić information content (AvgIpc) is 3.08. The molecule has 1 amide bonds. The van der Waals surface area contributed by atoms with Crippen LogP contribution in [0.25, 0.3) is 0 Å². The van der Waals surface area contributed by atoms with Gasteiger partial charge >= 0.3 is 0 Å². The second-order valence-electron chi connectivity index (χ2n) is 6.96. The fourth-order valence-corrected chi connectivity index (χ4v) is 3.44. The molecule has 1 aromatic heterocycles. The first kappa shape index (κ1) is 17.2. The number of hydrogen-bond acceptors (Lipinski definition) is 4. The topological polar surface area (TPSA) is 58.1 Å². The molecule has 5 heteroatoms. The summed E-state index contributed by atoms with van der Waals surface area (Å²) >= 11 is 0. The SMILES string of the molecule is Cc1ccc(C)c(NC(=O)c2cc(N3CCc4ccccc43)nc(C)n2)c1. The third-order valence-corrected chi connectivity index (χ3v) is 4.86. The highest BCUT2D eigenvalue weighted by atomic mass is 16.1. The number of nitrogens with one attached hydrogen (secondary N) is 1. The normalized spacial score (nSPS) is 12.8. The van der Waals surface area contributed by atoms with Crippen LogP contribution in [-0.2, 0) is 6.42 Å². The lowest BCUT2D eigenvalue weighted by molar-refractivity contribution is 0.102. The van der Waals surface area contributed by atoms with Gasteiger partial charge in [0.2, 0.25) is 0 Å². The number of para-hydroxylation sites is 1. The Morgan fingerprint density at radius 3 is 2.70 bits per heavy atom. The molecule has 0 bridgehead atoms. The molecule has 1 aliphatic heterocycles. The van der Waals surface area contributed by atoms with Crippen molar-refractivity contribution in [3.8, 4) is 0 Å². The Morgan fingerprint density at radius 2 is 1.85 bits per heavy atom. The zero-order chi connectivity index (χ0) is 19.0. The van der Waals surface area contributed by atoms with E-state index in [9.17, 15) is 4.79 Å². The second kappa shape index (κ2) is 6.83. The summed E-state index contributed by atoms with van der Waals surface area (Å²) in [5.41, 5.74) is 5.76. The van der Waals surface area contributed by atoms with E-state index >= 15 is 0 Å². The van der Waals surface area contributed by atoms with Crippen molar-refractivity contribution in [2.75, 3.05) is 16.8 Å². The molecule has 0 aliphatic carbocycles. The number of nitrogens with zero attached hydrogens (tertiary/aromatic N) is 3. The van der Waals surface area contributed by atoms with E-state index in [1.165, 1.54) is 5.56 Å². The maximum atomic E-state index is 12.8. The molecule has 0 radical (unpaired) electrons. The van der Waals surface area contributed by atoms with Gasteiger partial charge < -0.3 is 10.2 Å². The van der Waals surface area contributed by atoms with Gasteiger partial charge in [0.15, 0.2) is 0 Å². The molecule has 5 nitrogen and oxygen atoms in total. The summed E-state index contributed by atoms with van der Waals surface area (Å²) in [6, 6.07) is 16.1. The first-order valence-electron chi connectivity index (χ1n) is 9.11. The Bertz CT molecular complexity index is 1030. The van der Waals surface area contributed by atoms with E-state index in [2.05, 4.69) is 38.4 Å². The second-order valence-corrected chi connectivity index (χ2v) is 6.96. The zero-order valence-electron chi connectivity index (χ0n) is 15.8. The van der Waals surface area contributed by atoms with E-state index in [1.54, 1.807) is 6.07 Å². The molecular weight excluding hydrogens is 336 g/mol. The quantitative estimate of drug-likeness (QED) is 0.756. The maximum Gasteiger partial charge on any atom is 0.274 e. The number of aryl methyl sites for hydroxylation is 3. The minimum Gasteiger partial charge on any atom is -0.326 e. The van der Waals surface area contributed by atoms with Crippen LogP contribution >= 0.6 is 0 Å². The van der Waals surface area contributed by atoms with Gasteiger partial charge in [-0.1, -0.05) is 30.3 Å². The Kier molecular flexibility index (Phi) is 4.36. The third kappa shape index (κ3) is 3.40. The van der Waals surface area contributed by atoms with Crippen molar-refractivity contribution < 1.29 is 4.79 Å². The van der Waals surface area contributed by atoms with Crippen LogP contribution in [0.3, 0.4) is 0 Å². The summed E-state index contributed by atoms with van der Waals surface area (Å²) in [5.74, 6) is 1.13. The lowest BCUT2D eigenvalue weighted by atomic mass is 10.1. The van der Waals surface area contributed by atoms with Gasteiger partial charge in [-0.05, 0) is 56.0 Å². The highest BCUT2D eigenvalue weighted by Crippen LogP contribution is 2.33. The van der Waals surface area contributed by atoms with E-state index < -0.39 is 0 Å². The Morgan fingerprint density at radius 1 is 1.04 bits per heavy atom. The molecule has 0 saturated heterocycles. The number of amides is 1. The summed E-state index contributed by atoms with van der Waals surface area (Å²) in [5, 5.41) is 2.98. The first-order valence-corrected chi connectivity index (χ1v) is 9.11. The van der Waals surface area contributed by atoms with Gasteiger partial charge in [0.25, 0.3) is 5.91 Å². The minimum absolute atomic E-state index is 0.220. The molecule has 2 aromatic carbocycles. The molecule has 0 unspecified atom stereocenters. The molecule has 4 rings (SSSR count). The van der Waals surface area contributed by atoms with E-state index in [1.807, 2.05) is 45.0 Å². The number of fused-ring (bicyclic) bond motifs is 1. The lowest BCUT2D eigenvalue weighted by Crippen LogP contribution is -2.20. The minimum atomic E-state index is -0.220. The van der Waals surface area contributed by atoms with Crippen molar-refractivity contribution in [1.82, 2.24) is 9.97 Å². The van der Waals surface area contributed by atoms with Crippen LogP contribution in [0.15, 0.2) is 48.5 Å². The molecule has 2 heterocycles. The predicted octanol–water partition coefficient (Wildman–Crippen LogP) is 4.35. The van der Waals surface area contributed by atoms with Gasteiger partial charge in [-0.3, -0.25) is 4.79 Å². The largest absolute Gasteiger partial charge is 0.326 e. The highest BCUT2D eigenvalue weighted by molar-refractivity contribution is 6.03. The van der Waals surface area contributed by atoms with Crippen molar-refractivity contribution in [3.63, 3.8) is 0 Å². The monoisotopic (exact) mass is 358 g/mol. The number of rotatable bonds is 3. The van der Waals surface area contributed by atoms with Crippen molar-refractivity contribution in [2.24, 2.45) is 0 Å². The summed E-state index contributed by atoms with van der Waals surface area (Å²) in [4.78, 5) is 23.9. The van der Waals surface area contributed by atoms with E-state index in [0.29, 0.717) is 11.5 Å². The molecule has 0 spiro atoms. The van der Waals surface area contributed by atoms with Gasteiger partial charge in [-0.2, -0.15) is 0 Å². The van der Waals surface area contributed by atoms with Gasteiger partial charge in [0.05, 0.1) is 0 Å². The van der Waals surface area contributed by atoms with Gasteiger partial charge in [-0.25, -0.2) is 9.97 Å². The zero-order valence-corrected chi connectivity index (χ0v) is 15.8. The summed E-state index contributed by atoms with van der Waals surface area (Å²) in [6.45, 7) is 6.66. The molecule has 136 valence electrons. The van der Waals surface area contributed by atoms with Crippen LogP contribution in [0.2, 0.25) is 0 Å². The predicted molar refractivity (Wildman–Crippen MR) is 108 cm³/mol. The molecule has 27 heavy (non-hydrogen) atoms. The van der Waals surface area contributed by atoms with Crippen molar-refractivity contribution in [2.45, 2.75) is 27.2 Å². The lowest BCUT2D eigenvalue weighted by Gasteiger charge is -2.19. The number of aromatic nitrogens is 2. The summed E-state index contributed by atoms with van der Waals surface area (Å²) in [6.07, 6.45) is 0.975. The molecular formula is C22H22N4O. The van der Waals surface area contributed by atoms with Crippen LogP contribution in [0.1, 0.15) is 33.0 Å². The Hall–Kier alpha value is -3.21. The molecule has 0 saturated carbocycles. The Labute approximate surface area is 159 Å². The van der Waals surface area contributed by atoms with Crippen LogP contribution in [-0.4, -0.2) is 22.4 Å². The molecule has 0 atom stereocenters. The van der Waals surface area contributed by atoms with E-state index in [4.69, 9.17) is 0 Å². The van der Waals surface area contributed by atoms with Gasteiger partial charge in [0, 0.05) is 24.0 Å². The van der Waals surface area contributed by atoms with Crippen LogP contribution in [0, 0.1) is 20.8 Å². The van der Waals surface area contributed by atoms with Gasteiger partial charge in [-0.15, -0.1) is 0 Å². The number of hydrogen-bond donors (Lipinski definition) is 1. The van der Waals surface area contributed by atoms with Crippen molar-refractivity contribution in [1.29, 1.82) is 0 Å². The third-order valence-electron chi connectivity index (χ3n) is 4.86. The smallest absolute Gasteiger partial charge is 0.274 e. The fraction of sp³-hybridized carbons (Fsp3) is 0.227. The highest BCUT2D eigenvalue weighted by Gasteiger charge is 2.22. The first-order chi connectivity index (χ1) is 13.0. The van der Waals surface area contributed by atoms with Crippen LogP contribution in [0.4, 0.5) is 17.2 Å². The van der Waals surface area contributed by atoms with E-state index in [0.717, 1.165) is 41.3 Å². The number of anilines is 3. The number of carbonyl (C=O) groups excluding carboxylic acids is 1. The fourth-order valence-electron chi connectivity index (χ4n) is 3.44. The number of carbonyl (C=O) groups is 1. The average molecular weight is 358 g/mol. The van der Waals surface area contributed by atoms with Crippen molar-refractivity contribution >= 4 is 23.1 Å². The van der Waals surface area contributed by atoms with Gasteiger partial charge in [0.1, 0.15) is 17.3 Å².